The van der Waals surface area contributed by atoms with E-state index in [4.69, 9.17) is 16.3 Å². The van der Waals surface area contributed by atoms with Gasteiger partial charge in [0, 0.05) is 4.47 Å². The van der Waals surface area contributed by atoms with Crippen LogP contribution in [0.3, 0.4) is 0 Å². The zero-order valence-corrected chi connectivity index (χ0v) is 14.9. The Labute approximate surface area is 155 Å². The van der Waals surface area contributed by atoms with Gasteiger partial charge in [0.05, 0.1) is 16.4 Å². The van der Waals surface area contributed by atoms with Crippen molar-refractivity contribution < 1.29 is 17.9 Å². The van der Waals surface area contributed by atoms with E-state index >= 15 is 0 Å². The van der Waals surface area contributed by atoms with Crippen LogP contribution >= 0.6 is 27.5 Å². The van der Waals surface area contributed by atoms with Crippen molar-refractivity contribution in [3.8, 4) is 11.4 Å². The van der Waals surface area contributed by atoms with Gasteiger partial charge in [-0.15, -0.1) is 0 Å². The molecule has 1 heterocycles. The topological polar surface area (TPSA) is 27.1 Å². The summed E-state index contributed by atoms with van der Waals surface area (Å²) in [5, 5.41) is 3.95. The maximum atomic E-state index is 13.1. The number of para-hydroxylation sites is 1. The molecule has 0 saturated carbocycles. The van der Waals surface area contributed by atoms with Crippen molar-refractivity contribution >= 4 is 27.5 Å². The van der Waals surface area contributed by atoms with Crippen LogP contribution in [0.4, 0.5) is 13.2 Å². The number of halogens is 5. The van der Waals surface area contributed by atoms with E-state index in [0.29, 0.717) is 16.5 Å². The first-order valence-corrected chi connectivity index (χ1v) is 8.31. The number of hydrogen-bond acceptors (Lipinski definition) is 2. The van der Waals surface area contributed by atoms with Crippen molar-refractivity contribution in [3.05, 3.63) is 75.5 Å². The van der Waals surface area contributed by atoms with Gasteiger partial charge >= 0.3 is 6.18 Å². The molecule has 2 aromatic carbocycles. The minimum atomic E-state index is -4.56. The third kappa shape index (κ3) is 4.16. The molecule has 8 heteroatoms. The third-order valence-corrected chi connectivity index (χ3v) is 4.20. The van der Waals surface area contributed by atoms with Crippen LogP contribution in [-0.2, 0) is 12.8 Å². The SMILES string of the molecule is FC(F)(F)c1cc(COc2ccc(Br)cc2)n(-c2ccccc2Cl)n1. The molecule has 3 nitrogen and oxygen atoms in total. The third-order valence-electron chi connectivity index (χ3n) is 3.35. The Hall–Kier alpha value is -1.99. The summed E-state index contributed by atoms with van der Waals surface area (Å²) < 4.78 is 46.8. The molecule has 0 unspecified atom stereocenters. The zero-order valence-electron chi connectivity index (χ0n) is 12.6. The summed E-state index contributed by atoms with van der Waals surface area (Å²) >= 11 is 9.41. The number of rotatable bonds is 4. The van der Waals surface area contributed by atoms with Crippen LogP contribution < -0.4 is 4.74 Å². The number of aromatic nitrogens is 2. The summed E-state index contributed by atoms with van der Waals surface area (Å²) in [5.41, 5.74) is -0.403. The maximum Gasteiger partial charge on any atom is 0.435 e. The summed E-state index contributed by atoms with van der Waals surface area (Å²) in [6.07, 6.45) is -4.56. The molecule has 0 radical (unpaired) electrons. The standard InChI is InChI=1S/C17H11BrClF3N2O/c18-11-5-7-13(8-6-11)25-10-12-9-16(17(20,21)22)23-24(12)15-4-2-1-3-14(15)19/h1-9H,10H2. The highest BCUT2D eigenvalue weighted by Crippen LogP contribution is 2.31. The lowest BCUT2D eigenvalue weighted by Gasteiger charge is -2.10. The van der Waals surface area contributed by atoms with Crippen molar-refractivity contribution in [2.24, 2.45) is 0 Å². The first-order valence-electron chi connectivity index (χ1n) is 7.14. The average molecular weight is 432 g/mol. The summed E-state index contributed by atoms with van der Waals surface area (Å²) in [5.74, 6) is 0.531. The second-order valence-electron chi connectivity index (χ2n) is 5.12. The maximum absolute atomic E-state index is 13.1. The lowest BCUT2D eigenvalue weighted by Crippen LogP contribution is -2.08. The van der Waals surface area contributed by atoms with E-state index in [-0.39, 0.29) is 12.3 Å². The lowest BCUT2D eigenvalue weighted by molar-refractivity contribution is -0.141. The second kappa shape index (κ2) is 7.09. The molecule has 0 saturated heterocycles. The van der Waals surface area contributed by atoms with Crippen LogP contribution in [0, 0.1) is 0 Å². The van der Waals surface area contributed by atoms with E-state index < -0.39 is 11.9 Å². The summed E-state index contributed by atoms with van der Waals surface area (Å²) in [6, 6.07) is 14.5. The number of alkyl halides is 3. The van der Waals surface area contributed by atoms with Crippen molar-refractivity contribution in [2.45, 2.75) is 12.8 Å². The first-order chi connectivity index (χ1) is 11.8. The van der Waals surface area contributed by atoms with Crippen molar-refractivity contribution in [1.29, 1.82) is 0 Å². The van der Waals surface area contributed by atoms with Gasteiger partial charge in [0.15, 0.2) is 5.69 Å². The Balaban J connectivity index is 1.95. The minimum absolute atomic E-state index is 0.0874. The molecular formula is C17H11BrClF3N2O. The molecule has 0 atom stereocenters. The quantitative estimate of drug-likeness (QED) is 0.515. The van der Waals surface area contributed by atoms with Gasteiger partial charge in [-0.1, -0.05) is 39.7 Å². The number of ether oxygens (including phenoxy) is 1. The fraction of sp³-hybridized carbons (Fsp3) is 0.118. The number of hydrogen-bond donors (Lipinski definition) is 0. The van der Waals surface area contributed by atoms with Gasteiger partial charge in [-0.25, -0.2) is 4.68 Å². The van der Waals surface area contributed by atoms with E-state index in [1.54, 1.807) is 48.5 Å². The fourth-order valence-electron chi connectivity index (χ4n) is 2.18. The Kier molecular flexibility index (Phi) is 5.06. The molecule has 0 fully saturated rings. The van der Waals surface area contributed by atoms with Crippen LogP contribution in [0.25, 0.3) is 5.69 Å². The Morgan fingerprint density at radius 2 is 1.76 bits per heavy atom. The van der Waals surface area contributed by atoms with E-state index in [9.17, 15) is 13.2 Å². The monoisotopic (exact) mass is 430 g/mol. The van der Waals surface area contributed by atoms with Gasteiger partial charge < -0.3 is 4.74 Å². The van der Waals surface area contributed by atoms with Gasteiger partial charge in [-0.2, -0.15) is 18.3 Å². The highest BCUT2D eigenvalue weighted by molar-refractivity contribution is 9.10. The molecule has 1 aromatic heterocycles. The first kappa shape index (κ1) is 17.8. The molecule has 130 valence electrons. The van der Waals surface area contributed by atoms with Crippen molar-refractivity contribution in [3.63, 3.8) is 0 Å². The average Bonchev–Trinajstić information content (AvgIpc) is 2.99. The number of benzene rings is 2. The smallest absolute Gasteiger partial charge is 0.435 e. The van der Waals surface area contributed by atoms with Crippen LogP contribution in [0.5, 0.6) is 5.75 Å². The molecule has 0 amide bonds. The zero-order chi connectivity index (χ0) is 18.0. The molecule has 25 heavy (non-hydrogen) atoms. The molecule has 0 spiro atoms. The van der Waals surface area contributed by atoms with Crippen molar-refractivity contribution in [2.75, 3.05) is 0 Å². The Morgan fingerprint density at radius 3 is 2.40 bits per heavy atom. The van der Waals surface area contributed by atoms with Crippen LogP contribution in [0.15, 0.2) is 59.1 Å². The van der Waals surface area contributed by atoms with Gasteiger partial charge in [0.1, 0.15) is 12.4 Å². The van der Waals surface area contributed by atoms with E-state index in [0.717, 1.165) is 15.2 Å². The Bertz CT molecular complexity index is 878. The normalized spacial score (nSPS) is 11.6. The Morgan fingerprint density at radius 1 is 1.08 bits per heavy atom. The van der Waals surface area contributed by atoms with Crippen LogP contribution in [0.1, 0.15) is 11.4 Å². The number of nitrogens with zero attached hydrogens (tertiary/aromatic N) is 2. The highest BCUT2D eigenvalue weighted by Gasteiger charge is 2.35. The summed E-state index contributed by atoms with van der Waals surface area (Å²) in [7, 11) is 0. The molecular weight excluding hydrogens is 421 g/mol. The summed E-state index contributed by atoms with van der Waals surface area (Å²) in [4.78, 5) is 0. The van der Waals surface area contributed by atoms with E-state index in [1.165, 1.54) is 0 Å². The fourth-order valence-corrected chi connectivity index (χ4v) is 2.66. The molecule has 0 aliphatic heterocycles. The predicted octanol–water partition coefficient (Wildman–Crippen LogP) is 5.89. The highest BCUT2D eigenvalue weighted by atomic mass is 79.9. The minimum Gasteiger partial charge on any atom is -0.487 e. The van der Waals surface area contributed by atoms with Gasteiger partial charge in [-0.05, 0) is 42.5 Å². The van der Waals surface area contributed by atoms with Crippen LogP contribution in [0.2, 0.25) is 5.02 Å². The molecule has 3 rings (SSSR count). The van der Waals surface area contributed by atoms with Crippen molar-refractivity contribution in [1.82, 2.24) is 9.78 Å². The van der Waals surface area contributed by atoms with Crippen LogP contribution in [-0.4, -0.2) is 9.78 Å². The van der Waals surface area contributed by atoms with Gasteiger partial charge in [0.2, 0.25) is 0 Å². The van der Waals surface area contributed by atoms with Gasteiger partial charge in [-0.3, -0.25) is 0 Å². The largest absolute Gasteiger partial charge is 0.487 e. The summed E-state index contributed by atoms with van der Waals surface area (Å²) in [6.45, 7) is -0.0874. The molecule has 0 bridgehead atoms. The molecule has 0 N–H and O–H groups in total. The predicted molar refractivity (Wildman–Crippen MR) is 92.1 cm³/mol. The second-order valence-corrected chi connectivity index (χ2v) is 6.45. The molecule has 0 aliphatic rings. The lowest BCUT2D eigenvalue weighted by atomic mass is 10.3. The van der Waals surface area contributed by atoms with E-state index in [2.05, 4.69) is 21.0 Å². The molecule has 0 aliphatic carbocycles. The van der Waals surface area contributed by atoms with Gasteiger partial charge in [0.25, 0.3) is 0 Å². The molecule has 3 aromatic rings. The van der Waals surface area contributed by atoms with E-state index in [1.807, 2.05) is 0 Å².